The number of rotatable bonds is 9. The lowest BCUT2D eigenvalue weighted by molar-refractivity contribution is 0.660. The van der Waals surface area contributed by atoms with E-state index in [1.165, 1.54) is 155 Å². The zero-order valence-electron chi connectivity index (χ0n) is 52.8. The largest absolute Gasteiger partial charge is 0.310 e. The van der Waals surface area contributed by atoms with E-state index in [1.54, 1.807) is 0 Å². The van der Waals surface area contributed by atoms with E-state index in [1.807, 2.05) is 0 Å². The molecule has 0 unspecified atom stereocenters. The summed E-state index contributed by atoms with van der Waals surface area (Å²) in [6, 6.07) is 118. The first-order valence-corrected chi connectivity index (χ1v) is 32.9. The molecule has 19 rings (SSSR count). The van der Waals surface area contributed by atoms with Crippen LogP contribution in [0.15, 0.2) is 315 Å². The van der Waals surface area contributed by atoms with Gasteiger partial charge in [0.15, 0.2) is 0 Å². The van der Waals surface area contributed by atoms with E-state index in [0.29, 0.717) is 0 Å². The molecule has 2 aliphatic carbocycles. The van der Waals surface area contributed by atoms with Crippen molar-refractivity contribution in [3.05, 3.63) is 338 Å². The van der Waals surface area contributed by atoms with Crippen LogP contribution in [0.4, 0.5) is 17.1 Å². The second-order valence-corrected chi connectivity index (χ2v) is 26.9. The summed E-state index contributed by atoms with van der Waals surface area (Å²) in [6.45, 7) is 9.66. The third-order valence-corrected chi connectivity index (χ3v) is 21.0. The van der Waals surface area contributed by atoms with Crippen LogP contribution in [0.25, 0.3) is 138 Å². The topological polar surface area (TPSA) is 18.0 Å². The Hall–Kier alpha value is -11.7. The number of fused-ring (bicyclic) bond motifs is 15. The molecule has 0 atom stereocenters. The normalized spacial score (nSPS) is 13.5. The summed E-state index contributed by atoms with van der Waals surface area (Å²) in [5, 5.41) is 7.56. The van der Waals surface area contributed by atoms with Crippen molar-refractivity contribution in [3.63, 3.8) is 0 Å². The molecule has 0 spiro atoms. The van der Waals surface area contributed by atoms with Gasteiger partial charge in [0, 0.05) is 77.3 Å². The van der Waals surface area contributed by atoms with E-state index < -0.39 is 0 Å². The van der Waals surface area contributed by atoms with Crippen LogP contribution < -0.4 is 4.90 Å². The first kappa shape index (κ1) is 54.1. The van der Waals surface area contributed by atoms with E-state index in [4.69, 9.17) is 0 Å². The number of hydrogen-bond donors (Lipinski definition) is 0. The monoisotopic (exact) mass is 1200 g/mol. The Morgan fingerprint density at radius 2 is 0.489 bits per heavy atom. The maximum absolute atomic E-state index is 2.49. The molecule has 0 fully saturated rings. The first-order valence-electron chi connectivity index (χ1n) is 32.9. The van der Waals surface area contributed by atoms with Crippen LogP contribution in [0, 0.1) is 0 Å². The number of nitrogens with zero attached hydrogens (tertiary/aromatic N) is 4. The van der Waals surface area contributed by atoms with Crippen LogP contribution in [0.2, 0.25) is 0 Å². The van der Waals surface area contributed by atoms with Gasteiger partial charge in [-0.1, -0.05) is 210 Å². The molecule has 4 nitrogen and oxygen atoms in total. The average Bonchev–Trinajstić information content (AvgIpc) is 1.58. The van der Waals surface area contributed by atoms with Gasteiger partial charge in [-0.2, -0.15) is 0 Å². The van der Waals surface area contributed by atoms with E-state index in [9.17, 15) is 0 Å². The second-order valence-electron chi connectivity index (χ2n) is 26.9. The van der Waals surface area contributed by atoms with Gasteiger partial charge in [-0.15, -0.1) is 0 Å². The second kappa shape index (κ2) is 20.4. The van der Waals surface area contributed by atoms with E-state index >= 15 is 0 Å². The number of hydrogen-bond acceptors (Lipinski definition) is 1. The molecule has 0 bridgehead atoms. The van der Waals surface area contributed by atoms with Crippen LogP contribution >= 0.6 is 0 Å². The molecule has 0 saturated carbocycles. The van der Waals surface area contributed by atoms with Gasteiger partial charge in [0.05, 0.1) is 33.1 Å². The van der Waals surface area contributed by atoms with Crippen LogP contribution in [-0.2, 0) is 10.8 Å². The predicted molar refractivity (Wildman–Crippen MR) is 396 cm³/mol. The lowest BCUT2D eigenvalue weighted by Gasteiger charge is -2.30. The molecule has 3 aromatic heterocycles. The number of benzene rings is 14. The average molecular weight is 1200 g/mol. The standard InChI is InChI=1S/C90H64N4/c1-89(2)79-53-61(59-37-49-87-77(51-59)75-25-13-17-29-85(75)92(87)63-19-7-5-8-20-63)35-45-69(79)71-47-43-67(55-81(71)89)91(65-39-31-57(32-40-65)58-33-41-66(42-34-58)94-83-27-15-11-23-73(83)74-24-12-16-28-84(74)94)68-44-48-72-70-46-36-62(54-80(70)90(3,4)82(72)56-68)60-38-50-88-78(52-60)76-26-14-18-30-86(76)93(88)64-21-9-6-10-22-64/h5-56H,1-4H3. The quantitative estimate of drug-likeness (QED) is 0.141. The maximum atomic E-state index is 2.49. The summed E-state index contributed by atoms with van der Waals surface area (Å²) in [4.78, 5) is 2.49. The van der Waals surface area contributed by atoms with Gasteiger partial charge in [-0.25, -0.2) is 0 Å². The van der Waals surface area contributed by atoms with Gasteiger partial charge in [-0.3, -0.25) is 0 Å². The van der Waals surface area contributed by atoms with Crippen molar-refractivity contribution in [2.45, 2.75) is 38.5 Å². The van der Waals surface area contributed by atoms with Crippen molar-refractivity contribution in [1.29, 1.82) is 0 Å². The highest BCUT2D eigenvalue weighted by Crippen LogP contribution is 2.55. The molecular weight excluding hydrogens is 1140 g/mol. The highest BCUT2D eigenvalue weighted by molar-refractivity contribution is 6.13. The van der Waals surface area contributed by atoms with Gasteiger partial charge < -0.3 is 18.6 Å². The minimum atomic E-state index is -0.284. The zero-order chi connectivity index (χ0) is 62.6. The minimum Gasteiger partial charge on any atom is -0.310 e. The molecule has 3 heterocycles. The highest BCUT2D eigenvalue weighted by Gasteiger charge is 2.39. The Balaban J connectivity index is 0.695. The van der Waals surface area contributed by atoms with E-state index in [2.05, 4.69) is 362 Å². The van der Waals surface area contributed by atoms with Crippen LogP contribution in [0.5, 0.6) is 0 Å². The molecule has 0 aliphatic heterocycles. The molecule has 0 N–H and O–H groups in total. The van der Waals surface area contributed by atoms with Crippen LogP contribution in [-0.4, -0.2) is 13.7 Å². The zero-order valence-corrected chi connectivity index (χ0v) is 52.8. The van der Waals surface area contributed by atoms with Gasteiger partial charge in [0.1, 0.15) is 0 Å². The van der Waals surface area contributed by atoms with Gasteiger partial charge in [-0.05, 0) is 211 Å². The number of aromatic nitrogens is 3. The fourth-order valence-corrected chi connectivity index (χ4v) is 16.4. The molecule has 444 valence electrons. The Morgan fingerprint density at radius 3 is 0.894 bits per heavy atom. The highest BCUT2D eigenvalue weighted by atomic mass is 15.1. The molecule has 0 saturated heterocycles. The van der Waals surface area contributed by atoms with Gasteiger partial charge >= 0.3 is 0 Å². The molecule has 4 heteroatoms. The van der Waals surface area contributed by atoms with Crippen molar-refractivity contribution in [2.75, 3.05) is 4.90 Å². The SMILES string of the molecule is CC1(C)c2cc(-c3ccc4c(c3)c3ccccc3n4-c3ccccc3)ccc2-c2ccc(N(c3ccc(-c4ccc(-n5c6ccccc6c6ccccc65)cc4)cc3)c3ccc4c(c3)C(C)(C)c3cc(-c5ccc6c(c5)c5ccccc5n6-c5ccccc5)ccc3-4)cc21. The number of para-hydroxylation sites is 6. The minimum absolute atomic E-state index is 0.284. The van der Waals surface area contributed by atoms with Crippen molar-refractivity contribution in [1.82, 2.24) is 13.7 Å². The third-order valence-electron chi connectivity index (χ3n) is 21.0. The molecule has 0 amide bonds. The Bertz CT molecular complexity index is 5630. The molecule has 17 aromatic rings. The smallest absolute Gasteiger partial charge is 0.0541 e. The summed E-state index contributed by atoms with van der Waals surface area (Å²) in [5.41, 5.74) is 31.3. The van der Waals surface area contributed by atoms with Crippen LogP contribution in [0.3, 0.4) is 0 Å². The van der Waals surface area contributed by atoms with E-state index in [0.717, 1.165) is 22.7 Å². The summed E-state index contributed by atoms with van der Waals surface area (Å²) in [5.74, 6) is 0. The van der Waals surface area contributed by atoms with Crippen molar-refractivity contribution in [2.24, 2.45) is 0 Å². The number of anilines is 3. The van der Waals surface area contributed by atoms with Crippen molar-refractivity contribution in [3.8, 4) is 72.7 Å². The predicted octanol–water partition coefficient (Wildman–Crippen LogP) is 24.1. The summed E-state index contributed by atoms with van der Waals surface area (Å²) >= 11 is 0. The molecular formula is C90H64N4. The first-order chi connectivity index (χ1) is 46.1. The van der Waals surface area contributed by atoms with Gasteiger partial charge in [0.2, 0.25) is 0 Å². The lowest BCUT2D eigenvalue weighted by atomic mass is 9.81. The Morgan fingerprint density at radius 1 is 0.213 bits per heavy atom. The molecule has 94 heavy (non-hydrogen) atoms. The Labute approximate surface area is 546 Å². The van der Waals surface area contributed by atoms with Crippen molar-refractivity contribution >= 4 is 82.5 Å². The fraction of sp³-hybridized carbons (Fsp3) is 0.0667. The maximum Gasteiger partial charge on any atom is 0.0541 e. The summed E-state index contributed by atoms with van der Waals surface area (Å²) in [6.07, 6.45) is 0. The van der Waals surface area contributed by atoms with Crippen molar-refractivity contribution < 1.29 is 0 Å². The summed E-state index contributed by atoms with van der Waals surface area (Å²) in [7, 11) is 0. The Kier molecular flexibility index (Phi) is 11.7. The lowest BCUT2D eigenvalue weighted by Crippen LogP contribution is -2.18. The van der Waals surface area contributed by atoms with Crippen LogP contribution in [0.1, 0.15) is 49.9 Å². The third kappa shape index (κ3) is 8.06. The molecule has 0 radical (unpaired) electrons. The van der Waals surface area contributed by atoms with Gasteiger partial charge in [0.25, 0.3) is 0 Å². The van der Waals surface area contributed by atoms with E-state index in [-0.39, 0.29) is 10.8 Å². The fourth-order valence-electron chi connectivity index (χ4n) is 16.4. The molecule has 14 aromatic carbocycles. The molecule has 2 aliphatic rings. The summed E-state index contributed by atoms with van der Waals surface area (Å²) < 4.78 is 7.18.